The number of pyridine rings is 1. The van der Waals surface area contributed by atoms with Crippen LogP contribution in [0.25, 0.3) is 0 Å². The average molecular weight is 317 g/mol. The lowest BCUT2D eigenvalue weighted by atomic mass is 10.2. The number of hydrogen-bond acceptors (Lipinski definition) is 5. The molecule has 0 bridgehead atoms. The Morgan fingerprint density at radius 2 is 2.00 bits per heavy atom. The fourth-order valence-corrected chi connectivity index (χ4v) is 3.07. The second-order valence-corrected chi connectivity index (χ2v) is 6.61. The maximum atomic E-state index is 12.2. The Morgan fingerprint density at radius 1 is 1.23 bits per heavy atom. The molecule has 1 aliphatic heterocycles. The van der Waals surface area contributed by atoms with E-state index in [9.17, 15) is 4.79 Å². The average Bonchev–Trinajstić information content (AvgIpc) is 2.92. The summed E-state index contributed by atoms with van der Waals surface area (Å²) in [6.45, 7) is 6.99. The molecule has 116 valence electrons. The van der Waals surface area contributed by atoms with Gasteiger partial charge in [0, 0.05) is 43.4 Å². The van der Waals surface area contributed by atoms with Gasteiger partial charge in [0.1, 0.15) is 5.82 Å². The second-order valence-electron chi connectivity index (χ2n) is 5.37. The lowest BCUT2D eigenvalue weighted by Crippen LogP contribution is -2.50. The normalized spacial score (nSPS) is 15.0. The smallest absolute Gasteiger partial charge is 0.323 e. The van der Waals surface area contributed by atoms with Gasteiger partial charge in [-0.1, -0.05) is 0 Å². The van der Waals surface area contributed by atoms with Gasteiger partial charge >= 0.3 is 6.03 Å². The van der Waals surface area contributed by atoms with Gasteiger partial charge in [0.05, 0.1) is 0 Å². The molecule has 6 nitrogen and oxygen atoms in total. The number of carbonyl (C=O) groups excluding carboxylic acids is 1. The van der Waals surface area contributed by atoms with Crippen LogP contribution < -0.4 is 10.2 Å². The van der Waals surface area contributed by atoms with Gasteiger partial charge in [0.2, 0.25) is 0 Å². The van der Waals surface area contributed by atoms with E-state index >= 15 is 0 Å². The lowest BCUT2D eigenvalue weighted by Gasteiger charge is -2.35. The van der Waals surface area contributed by atoms with Crippen LogP contribution in [-0.2, 0) is 0 Å². The van der Waals surface area contributed by atoms with E-state index in [1.807, 2.05) is 24.1 Å². The number of nitrogens with one attached hydrogen (secondary N) is 1. The fourth-order valence-electron chi connectivity index (χ4n) is 2.41. The molecule has 2 amide bonds. The molecule has 7 heteroatoms. The number of urea groups is 1. The SMILES string of the molecule is Cc1ccnc(N2CCN(C(=O)Nc3ncc(C)s3)CC2)c1. The van der Waals surface area contributed by atoms with E-state index < -0.39 is 0 Å². The molecule has 0 radical (unpaired) electrons. The third-order valence-electron chi connectivity index (χ3n) is 3.63. The molecule has 0 atom stereocenters. The van der Waals surface area contributed by atoms with Gasteiger partial charge < -0.3 is 9.80 Å². The van der Waals surface area contributed by atoms with E-state index in [1.54, 1.807) is 6.20 Å². The molecule has 2 aromatic rings. The van der Waals surface area contributed by atoms with Crippen molar-refractivity contribution in [2.45, 2.75) is 13.8 Å². The molecule has 3 heterocycles. The predicted molar refractivity (Wildman–Crippen MR) is 88.6 cm³/mol. The summed E-state index contributed by atoms with van der Waals surface area (Å²) >= 11 is 1.49. The Morgan fingerprint density at radius 3 is 2.64 bits per heavy atom. The summed E-state index contributed by atoms with van der Waals surface area (Å²) < 4.78 is 0. The van der Waals surface area contributed by atoms with Crippen molar-refractivity contribution in [1.82, 2.24) is 14.9 Å². The summed E-state index contributed by atoms with van der Waals surface area (Å²) in [6.07, 6.45) is 3.59. The quantitative estimate of drug-likeness (QED) is 0.924. The number of anilines is 2. The van der Waals surface area contributed by atoms with Gasteiger partial charge in [-0.2, -0.15) is 0 Å². The van der Waals surface area contributed by atoms with Crippen molar-refractivity contribution in [3.63, 3.8) is 0 Å². The number of aryl methyl sites for hydroxylation is 2. The first kappa shape index (κ1) is 14.8. The van der Waals surface area contributed by atoms with Crippen molar-refractivity contribution in [1.29, 1.82) is 0 Å². The minimum atomic E-state index is -0.0776. The van der Waals surface area contributed by atoms with Crippen LogP contribution in [0.1, 0.15) is 10.4 Å². The van der Waals surface area contributed by atoms with Gasteiger partial charge in [0.15, 0.2) is 5.13 Å². The monoisotopic (exact) mass is 317 g/mol. The lowest BCUT2D eigenvalue weighted by molar-refractivity contribution is 0.208. The molecule has 0 unspecified atom stereocenters. The van der Waals surface area contributed by atoms with Gasteiger partial charge in [-0.25, -0.2) is 14.8 Å². The maximum absolute atomic E-state index is 12.2. The number of piperazine rings is 1. The number of carbonyl (C=O) groups is 1. The Kier molecular flexibility index (Phi) is 4.24. The van der Waals surface area contributed by atoms with Crippen molar-refractivity contribution in [3.8, 4) is 0 Å². The maximum Gasteiger partial charge on any atom is 0.323 e. The molecule has 1 aliphatic rings. The number of thiazole rings is 1. The van der Waals surface area contributed by atoms with Gasteiger partial charge in [-0.05, 0) is 31.5 Å². The summed E-state index contributed by atoms with van der Waals surface area (Å²) in [5, 5.41) is 3.51. The molecule has 0 saturated carbocycles. The summed E-state index contributed by atoms with van der Waals surface area (Å²) in [5.41, 5.74) is 1.20. The summed E-state index contributed by atoms with van der Waals surface area (Å²) in [4.78, 5) is 25.9. The number of nitrogens with zero attached hydrogens (tertiary/aromatic N) is 4. The first-order chi connectivity index (χ1) is 10.6. The molecule has 2 aromatic heterocycles. The molecular weight excluding hydrogens is 298 g/mol. The van der Waals surface area contributed by atoms with E-state index in [4.69, 9.17) is 0 Å². The largest absolute Gasteiger partial charge is 0.353 e. The fraction of sp³-hybridized carbons (Fsp3) is 0.400. The van der Waals surface area contributed by atoms with Crippen molar-refractivity contribution in [2.24, 2.45) is 0 Å². The number of aromatic nitrogens is 2. The van der Waals surface area contributed by atoms with Crippen LogP contribution in [-0.4, -0.2) is 47.1 Å². The van der Waals surface area contributed by atoms with Crippen LogP contribution in [0.5, 0.6) is 0 Å². The summed E-state index contributed by atoms with van der Waals surface area (Å²) in [6, 6.07) is 3.99. The summed E-state index contributed by atoms with van der Waals surface area (Å²) in [7, 11) is 0. The van der Waals surface area contributed by atoms with Crippen LogP contribution in [0, 0.1) is 13.8 Å². The van der Waals surface area contributed by atoms with Crippen LogP contribution in [0.3, 0.4) is 0 Å². The highest BCUT2D eigenvalue weighted by molar-refractivity contribution is 7.15. The minimum absolute atomic E-state index is 0.0776. The number of rotatable bonds is 2. The standard InChI is InChI=1S/C15H19N5OS/c1-11-3-4-16-13(9-11)19-5-7-20(8-6-19)15(21)18-14-17-10-12(2)22-14/h3-4,9-10H,5-8H2,1-2H3,(H,17,18,21). The molecule has 0 spiro atoms. The highest BCUT2D eigenvalue weighted by Crippen LogP contribution is 2.18. The van der Waals surface area contributed by atoms with Crippen LogP contribution in [0.4, 0.5) is 15.7 Å². The molecule has 22 heavy (non-hydrogen) atoms. The van der Waals surface area contributed by atoms with Crippen molar-refractivity contribution < 1.29 is 4.79 Å². The van der Waals surface area contributed by atoms with E-state index in [0.29, 0.717) is 18.2 Å². The van der Waals surface area contributed by atoms with Crippen molar-refractivity contribution in [3.05, 3.63) is 35.0 Å². The highest BCUT2D eigenvalue weighted by atomic mass is 32.1. The zero-order valence-electron chi connectivity index (χ0n) is 12.7. The zero-order chi connectivity index (χ0) is 15.5. The molecule has 1 N–H and O–H groups in total. The van der Waals surface area contributed by atoms with Gasteiger partial charge in [-0.15, -0.1) is 11.3 Å². The number of hydrogen-bond donors (Lipinski definition) is 1. The van der Waals surface area contributed by atoms with Gasteiger partial charge in [-0.3, -0.25) is 5.32 Å². The first-order valence-electron chi connectivity index (χ1n) is 7.28. The molecule has 0 aliphatic carbocycles. The third-order valence-corrected chi connectivity index (χ3v) is 4.46. The second kappa shape index (κ2) is 6.31. The Labute approximate surface area is 133 Å². The topological polar surface area (TPSA) is 61.4 Å². The Hall–Kier alpha value is -2.15. The van der Waals surface area contributed by atoms with Crippen molar-refractivity contribution >= 4 is 28.3 Å². The molecule has 1 fully saturated rings. The third kappa shape index (κ3) is 3.36. The van der Waals surface area contributed by atoms with E-state index in [2.05, 4.69) is 33.2 Å². The van der Waals surface area contributed by atoms with E-state index in [1.165, 1.54) is 16.9 Å². The van der Waals surface area contributed by atoms with Crippen molar-refractivity contribution in [2.75, 3.05) is 36.4 Å². The Bertz CT molecular complexity index is 663. The molecular formula is C15H19N5OS. The van der Waals surface area contributed by atoms with Crippen LogP contribution >= 0.6 is 11.3 Å². The highest BCUT2D eigenvalue weighted by Gasteiger charge is 2.22. The van der Waals surface area contributed by atoms with E-state index in [-0.39, 0.29) is 6.03 Å². The molecule has 0 aromatic carbocycles. The first-order valence-corrected chi connectivity index (χ1v) is 8.09. The van der Waals surface area contributed by atoms with Crippen LogP contribution in [0.15, 0.2) is 24.5 Å². The zero-order valence-corrected chi connectivity index (χ0v) is 13.6. The molecule has 3 rings (SSSR count). The van der Waals surface area contributed by atoms with Gasteiger partial charge in [0.25, 0.3) is 0 Å². The molecule has 1 saturated heterocycles. The Balaban J connectivity index is 1.56. The number of amides is 2. The predicted octanol–water partition coefficient (Wildman–Crippen LogP) is 2.51. The summed E-state index contributed by atoms with van der Waals surface area (Å²) in [5.74, 6) is 0.982. The van der Waals surface area contributed by atoms with Crippen LogP contribution in [0.2, 0.25) is 0 Å². The minimum Gasteiger partial charge on any atom is -0.353 e. The van der Waals surface area contributed by atoms with E-state index in [0.717, 1.165) is 23.8 Å².